The van der Waals surface area contributed by atoms with E-state index in [2.05, 4.69) is 4.72 Å². The first-order valence-corrected chi connectivity index (χ1v) is 7.28. The van der Waals surface area contributed by atoms with E-state index in [4.69, 9.17) is 21.4 Å². The lowest BCUT2D eigenvalue weighted by atomic mass is 10.2. The number of ether oxygens (including phenoxy) is 1. The van der Waals surface area contributed by atoms with Crippen molar-refractivity contribution in [3.8, 4) is 0 Å². The number of rotatable bonds is 6. The highest BCUT2D eigenvalue weighted by molar-refractivity contribution is 7.89. The maximum Gasteiger partial charge on any atom is 0.338 e. The highest BCUT2D eigenvalue weighted by Crippen LogP contribution is 2.24. The summed E-state index contributed by atoms with van der Waals surface area (Å²) in [7, 11) is -2.86. The van der Waals surface area contributed by atoms with Gasteiger partial charge in [-0.05, 0) is 19.1 Å². The van der Waals surface area contributed by atoms with E-state index in [1.54, 1.807) is 0 Å². The Morgan fingerprint density at radius 1 is 1.55 bits per heavy atom. The lowest BCUT2D eigenvalue weighted by Crippen LogP contribution is -2.36. The summed E-state index contributed by atoms with van der Waals surface area (Å²) < 4.78 is 44.9. The van der Waals surface area contributed by atoms with Gasteiger partial charge >= 0.3 is 5.97 Å². The molecule has 112 valence electrons. The Bertz CT molecular complexity index is 619. The molecule has 0 aliphatic heterocycles. The van der Waals surface area contributed by atoms with Crippen molar-refractivity contribution in [2.24, 2.45) is 0 Å². The van der Waals surface area contributed by atoms with Crippen LogP contribution < -0.4 is 4.72 Å². The number of hydrogen-bond donors (Lipinski definition) is 2. The number of halogens is 2. The fourth-order valence-electron chi connectivity index (χ4n) is 1.53. The van der Waals surface area contributed by atoms with E-state index < -0.39 is 38.3 Å². The fraction of sp³-hybridized carbons (Fsp3) is 0.364. The van der Waals surface area contributed by atoms with Gasteiger partial charge in [0, 0.05) is 18.2 Å². The van der Waals surface area contributed by atoms with E-state index >= 15 is 0 Å². The van der Waals surface area contributed by atoms with Crippen LogP contribution in [0.1, 0.15) is 17.3 Å². The maximum absolute atomic E-state index is 13.9. The minimum absolute atomic E-state index is 0.0766. The Kier molecular flexibility index (Phi) is 5.46. The molecule has 20 heavy (non-hydrogen) atoms. The van der Waals surface area contributed by atoms with Crippen molar-refractivity contribution in [3.63, 3.8) is 0 Å². The number of carboxylic acids is 1. The first-order valence-electron chi connectivity index (χ1n) is 5.42. The molecule has 0 spiro atoms. The molecule has 6 nitrogen and oxygen atoms in total. The summed E-state index contributed by atoms with van der Waals surface area (Å²) in [6.07, 6.45) is 0. The quantitative estimate of drug-likeness (QED) is 0.826. The molecule has 9 heteroatoms. The largest absolute Gasteiger partial charge is 0.478 e. The van der Waals surface area contributed by atoms with Gasteiger partial charge in [-0.1, -0.05) is 11.6 Å². The van der Waals surface area contributed by atoms with E-state index in [1.165, 1.54) is 14.0 Å². The summed E-state index contributed by atoms with van der Waals surface area (Å²) in [5.74, 6) is -2.97. The molecule has 0 radical (unpaired) electrons. The lowest BCUT2D eigenvalue weighted by molar-refractivity contribution is 0.0691. The number of hydrogen-bond acceptors (Lipinski definition) is 4. The molecule has 1 rings (SSSR count). The van der Waals surface area contributed by atoms with Crippen molar-refractivity contribution < 1.29 is 27.4 Å². The average molecular weight is 326 g/mol. The van der Waals surface area contributed by atoms with Gasteiger partial charge in [-0.15, -0.1) is 0 Å². The SMILES string of the molecule is COCC(C)NS(=O)(=O)c1cc(Cl)cc(C(=O)O)c1F. The van der Waals surface area contributed by atoms with Gasteiger partial charge in [0.1, 0.15) is 4.90 Å². The highest BCUT2D eigenvalue weighted by Gasteiger charge is 2.26. The summed E-state index contributed by atoms with van der Waals surface area (Å²) in [6, 6.07) is 1.08. The van der Waals surface area contributed by atoms with Crippen LogP contribution in [0.4, 0.5) is 4.39 Å². The van der Waals surface area contributed by atoms with Crippen LogP contribution in [0.25, 0.3) is 0 Å². The van der Waals surface area contributed by atoms with Gasteiger partial charge in [0.2, 0.25) is 10.0 Å². The number of aromatic carboxylic acids is 1. The van der Waals surface area contributed by atoms with Crippen LogP contribution in [-0.4, -0.2) is 39.3 Å². The zero-order chi connectivity index (χ0) is 15.5. The Balaban J connectivity index is 3.28. The molecule has 0 heterocycles. The second-order valence-electron chi connectivity index (χ2n) is 4.05. The van der Waals surface area contributed by atoms with Gasteiger partial charge in [-0.2, -0.15) is 0 Å². The van der Waals surface area contributed by atoms with E-state index in [1.807, 2.05) is 0 Å². The lowest BCUT2D eigenvalue weighted by Gasteiger charge is -2.14. The first-order chi connectivity index (χ1) is 9.19. The summed E-state index contributed by atoms with van der Waals surface area (Å²) >= 11 is 5.62. The molecule has 1 aromatic rings. The molecule has 1 aromatic carbocycles. The molecule has 0 aliphatic carbocycles. The van der Waals surface area contributed by atoms with Gasteiger partial charge in [0.05, 0.1) is 12.2 Å². The van der Waals surface area contributed by atoms with Crippen molar-refractivity contribution >= 4 is 27.6 Å². The molecule has 0 saturated carbocycles. The van der Waals surface area contributed by atoms with Crippen LogP contribution in [0.3, 0.4) is 0 Å². The highest BCUT2D eigenvalue weighted by atomic mass is 35.5. The van der Waals surface area contributed by atoms with Crippen molar-refractivity contribution in [3.05, 3.63) is 28.5 Å². The summed E-state index contributed by atoms with van der Waals surface area (Å²) in [6.45, 7) is 1.59. The first kappa shape index (κ1) is 16.8. The third-order valence-corrected chi connectivity index (χ3v) is 4.10. The molecule has 2 N–H and O–H groups in total. The number of methoxy groups -OCH3 is 1. The molecule has 0 aromatic heterocycles. The minimum Gasteiger partial charge on any atom is -0.478 e. The topological polar surface area (TPSA) is 92.7 Å². The van der Waals surface area contributed by atoms with Crippen LogP contribution in [-0.2, 0) is 14.8 Å². The average Bonchev–Trinajstić information content (AvgIpc) is 2.30. The third-order valence-electron chi connectivity index (χ3n) is 2.30. The van der Waals surface area contributed by atoms with Crippen LogP contribution in [0.5, 0.6) is 0 Å². The number of carbonyl (C=O) groups is 1. The summed E-state index contributed by atoms with van der Waals surface area (Å²) in [5.41, 5.74) is -0.808. The predicted molar refractivity (Wildman–Crippen MR) is 70.0 cm³/mol. The molecular formula is C11H13ClFNO5S. The third kappa shape index (κ3) is 3.89. The molecule has 1 atom stereocenters. The zero-order valence-electron chi connectivity index (χ0n) is 10.7. The van der Waals surface area contributed by atoms with Crippen LogP contribution in [0, 0.1) is 5.82 Å². The van der Waals surface area contributed by atoms with Crippen molar-refractivity contribution in [1.29, 1.82) is 0 Å². The van der Waals surface area contributed by atoms with Crippen LogP contribution in [0.15, 0.2) is 17.0 Å². The Hall–Kier alpha value is -1.22. The van der Waals surface area contributed by atoms with Crippen molar-refractivity contribution in [1.82, 2.24) is 4.72 Å². The van der Waals surface area contributed by atoms with Gasteiger partial charge in [-0.3, -0.25) is 0 Å². The van der Waals surface area contributed by atoms with Gasteiger partial charge in [0.15, 0.2) is 5.82 Å². The predicted octanol–water partition coefficient (Wildman–Crippen LogP) is 1.49. The molecular weight excluding hydrogens is 313 g/mol. The number of benzene rings is 1. The second-order valence-corrected chi connectivity index (χ2v) is 6.17. The zero-order valence-corrected chi connectivity index (χ0v) is 12.3. The number of sulfonamides is 1. The number of nitrogens with one attached hydrogen (secondary N) is 1. The molecule has 0 amide bonds. The second kappa shape index (κ2) is 6.49. The van der Waals surface area contributed by atoms with Crippen LogP contribution >= 0.6 is 11.6 Å². The summed E-state index contributed by atoms with van der Waals surface area (Å²) in [4.78, 5) is 10.0. The minimum atomic E-state index is -4.24. The molecule has 0 fully saturated rings. The van der Waals surface area contributed by atoms with Crippen molar-refractivity contribution in [2.75, 3.05) is 13.7 Å². The molecule has 1 unspecified atom stereocenters. The van der Waals surface area contributed by atoms with Crippen LogP contribution in [0.2, 0.25) is 5.02 Å². The maximum atomic E-state index is 13.9. The van der Waals surface area contributed by atoms with E-state index in [-0.39, 0.29) is 11.6 Å². The monoisotopic (exact) mass is 325 g/mol. The molecule has 0 saturated heterocycles. The van der Waals surface area contributed by atoms with Crippen molar-refractivity contribution in [2.45, 2.75) is 17.9 Å². The standard InChI is InChI=1S/C11H13ClFNO5S/c1-6(5-19-2)14-20(17,18)9-4-7(12)3-8(10(9)13)11(15)16/h3-4,6,14H,5H2,1-2H3,(H,15,16). The normalized spacial score (nSPS) is 13.2. The van der Waals surface area contributed by atoms with Gasteiger partial charge in [0.25, 0.3) is 0 Å². The molecule has 0 aliphatic rings. The van der Waals surface area contributed by atoms with E-state index in [0.717, 1.165) is 12.1 Å². The Labute approximate surface area is 120 Å². The smallest absolute Gasteiger partial charge is 0.338 e. The number of carboxylic acid groups (broad SMARTS) is 1. The summed E-state index contributed by atoms with van der Waals surface area (Å²) in [5, 5.41) is 8.62. The molecule has 0 bridgehead atoms. The Morgan fingerprint density at radius 3 is 2.65 bits per heavy atom. The van der Waals surface area contributed by atoms with E-state index in [9.17, 15) is 17.6 Å². The Morgan fingerprint density at radius 2 is 2.15 bits per heavy atom. The van der Waals surface area contributed by atoms with Gasteiger partial charge < -0.3 is 9.84 Å². The van der Waals surface area contributed by atoms with E-state index in [0.29, 0.717) is 0 Å². The fourth-order valence-corrected chi connectivity index (χ4v) is 3.16. The van der Waals surface area contributed by atoms with Gasteiger partial charge in [-0.25, -0.2) is 22.3 Å².